The van der Waals surface area contributed by atoms with E-state index in [0.717, 1.165) is 15.7 Å². The van der Waals surface area contributed by atoms with Crippen LogP contribution in [0.3, 0.4) is 0 Å². The van der Waals surface area contributed by atoms with Crippen molar-refractivity contribution in [3.8, 4) is 0 Å². The van der Waals surface area contributed by atoms with Crippen LogP contribution in [0, 0.1) is 6.92 Å². The summed E-state index contributed by atoms with van der Waals surface area (Å²) in [5.74, 6) is -0.175. The van der Waals surface area contributed by atoms with E-state index in [2.05, 4.69) is 21.2 Å². The number of anilines is 1. The summed E-state index contributed by atoms with van der Waals surface area (Å²) in [5, 5.41) is 2.76. The van der Waals surface area contributed by atoms with Crippen LogP contribution < -0.4 is 11.1 Å². The predicted molar refractivity (Wildman–Crippen MR) is 68.4 cm³/mol. The van der Waals surface area contributed by atoms with Crippen molar-refractivity contribution in [2.75, 3.05) is 5.32 Å². The van der Waals surface area contributed by atoms with Crippen molar-refractivity contribution in [2.45, 2.75) is 19.9 Å². The Balaban J connectivity index is 0.00000196. The van der Waals surface area contributed by atoms with E-state index < -0.39 is 6.04 Å². The number of nitrogens with two attached hydrogens (primary N) is 1. The van der Waals surface area contributed by atoms with Gasteiger partial charge in [0.15, 0.2) is 0 Å². The summed E-state index contributed by atoms with van der Waals surface area (Å²) < 4.78 is 0.933. The van der Waals surface area contributed by atoms with Crippen LogP contribution in [0.5, 0.6) is 0 Å². The number of amides is 1. The highest BCUT2D eigenvalue weighted by atomic mass is 79.9. The Labute approximate surface area is 104 Å². The first kappa shape index (κ1) is 14.4. The highest BCUT2D eigenvalue weighted by molar-refractivity contribution is 9.10. The molecule has 0 fully saturated rings. The highest BCUT2D eigenvalue weighted by Crippen LogP contribution is 2.20. The lowest BCUT2D eigenvalue weighted by Crippen LogP contribution is -2.32. The summed E-state index contributed by atoms with van der Waals surface area (Å²) >= 11 is 3.34. The fourth-order valence-corrected chi connectivity index (χ4v) is 1.34. The van der Waals surface area contributed by atoms with Gasteiger partial charge in [-0.3, -0.25) is 4.79 Å². The molecule has 1 atom stereocenters. The van der Waals surface area contributed by atoms with E-state index >= 15 is 0 Å². The molecule has 0 aliphatic heterocycles. The molecule has 84 valence electrons. The fraction of sp³-hybridized carbons (Fsp3) is 0.300. The van der Waals surface area contributed by atoms with Gasteiger partial charge in [0.05, 0.1) is 6.04 Å². The van der Waals surface area contributed by atoms with Gasteiger partial charge in [-0.2, -0.15) is 0 Å². The molecule has 1 rings (SSSR count). The Hall–Kier alpha value is -0.580. The molecule has 0 unspecified atom stereocenters. The van der Waals surface area contributed by atoms with Gasteiger partial charge in [-0.15, -0.1) is 12.4 Å². The van der Waals surface area contributed by atoms with Crippen LogP contribution in [0.25, 0.3) is 0 Å². The second-order valence-corrected chi connectivity index (χ2v) is 4.15. The first-order chi connectivity index (χ1) is 6.50. The van der Waals surface area contributed by atoms with Gasteiger partial charge in [0.2, 0.25) is 5.91 Å². The van der Waals surface area contributed by atoms with Crippen molar-refractivity contribution in [1.82, 2.24) is 0 Å². The number of halogens is 2. The lowest BCUT2D eigenvalue weighted by molar-refractivity contribution is -0.117. The van der Waals surface area contributed by atoms with Crippen molar-refractivity contribution in [2.24, 2.45) is 5.73 Å². The lowest BCUT2D eigenvalue weighted by atomic mass is 10.2. The zero-order chi connectivity index (χ0) is 10.7. The van der Waals surface area contributed by atoms with Gasteiger partial charge in [0.25, 0.3) is 0 Å². The third-order valence-corrected chi connectivity index (χ3v) is 2.36. The molecule has 5 heteroatoms. The van der Waals surface area contributed by atoms with Gasteiger partial charge < -0.3 is 11.1 Å². The Bertz CT molecular complexity index is 355. The Kier molecular flexibility index (Phi) is 5.87. The molecule has 0 spiro atoms. The normalized spacial score (nSPS) is 11.5. The molecule has 0 radical (unpaired) electrons. The smallest absolute Gasteiger partial charge is 0.241 e. The third kappa shape index (κ3) is 4.20. The van der Waals surface area contributed by atoms with Gasteiger partial charge >= 0.3 is 0 Å². The number of hydrogen-bond acceptors (Lipinski definition) is 2. The van der Waals surface area contributed by atoms with E-state index in [-0.39, 0.29) is 18.3 Å². The van der Waals surface area contributed by atoms with Crippen molar-refractivity contribution in [1.29, 1.82) is 0 Å². The number of aryl methyl sites for hydroxylation is 1. The van der Waals surface area contributed by atoms with Gasteiger partial charge in [0.1, 0.15) is 0 Å². The monoisotopic (exact) mass is 292 g/mol. The lowest BCUT2D eigenvalue weighted by Gasteiger charge is -2.10. The first-order valence-electron chi connectivity index (χ1n) is 4.33. The number of rotatable bonds is 2. The van der Waals surface area contributed by atoms with E-state index in [1.54, 1.807) is 6.92 Å². The topological polar surface area (TPSA) is 55.1 Å². The molecule has 1 aromatic rings. The summed E-state index contributed by atoms with van der Waals surface area (Å²) in [4.78, 5) is 11.3. The van der Waals surface area contributed by atoms with Crippen LogP contribution in [0.4, 0.5) is 5.69 Å². The average Bonchev–Trinajstić information content (AvgIpc) is 2.11. The molecule has 0 aliphatic carbocycles. The predicted octanol–water partition coefficient (Wildman–Crippen LogP) is 2.47. The SMILES string of the molecule is Cc1ccc(Br)cc1NC(=O)[C@H](C)N.Cl. The maximum atomic E-state index is 11.3. The molecule has 1 aromatic carbocycles. The van der Waals surface area contributed by atoms with E-state index in [1.165, 1.54) is 0 Å². The molecule has 3 N–H and O–H groups in total. The minimum atomic E-state index is -0.492. The van der Waals surface area contributed by atoms with Crippen LogP contribution in [0.1, 0.15) is 12.5 Å². The second kappa shape index (κ2) is 6.10. The van der Waals surface area contributed by atoms with E-state index in [4.69, 9.17) is 5.73 Å². The standard InChI is InChI=1S/C10H13BrN2O.ClH/c1-6-3-4-8(11)5-9(6)13-10(14)7(2)12;/h3-5,7H,12H2,1-2H3,(H,13,14);1H/t7-;/m0./s1. The quantitative estimate of drug-likeness (QED) is 0.880. The molecule has 15 heavy (non-hydrogen) atoms. The molecule has 1 amide bonds. The summed E-state index contributed by atoms with van der Waals surface area (Å²) in [7, 11) is 0. The van der Waals surface area contributed by atoms with Gasteiger partial charge in [-0.05, 0) is 31.5 Å². The summed E-state index contributed by atoms with van der Waals surface area (Å²) in [6, 6.07) is 5.22. The van der Waals surface area contributed by atoms with Crippen molar-refractivity contribution in [3.05, 3.63) is 28.2 Å². The molecule has 0 aromatic heterocycles. The van der Waals surface area contributed by atoms with E-state index in [1.807, 2.05) is 25.1 Å². The summed E-state index contributed by atoms with van der Waals surface area (Å²) in [5.41, 5.74) is 7.26. The zero-order valence-electron chi connectivity index (χ0n) is 8.58. The molecular formula is C10H14BrClN2O. The molecular weight excluding hydrogens is 279 g/mol. The van der Waals surface area contributed by atoms with Crippen molar-refractivity contribution in [3.63, 3.8) is 0 Å². The second-order valence-electron chi connectivity index (χ2n) is 3.24. The molecule has 0 bridgehead atoms. The fourth-order valence-electron chi connectivity index (χ4n) is 0.975. The molecule has 3 nitrogen and oxygen atoms in total. The molecule has 0 saturated carbocycles. The minimum Gasteiger partial charge on any atom is -0.324 e. The molecule has 0 saturated heterocycles. The largest absolute Gasteiger partial charge is 0.324 e. The Morgan fingerprint density at radius 2 is 2.13 bits per heavy atom. The highest BCUT2D eigenvalue weighted by Gasteiger charge is 2.08. The number of hydrogen-bond donors (Lipinski definition) is 2. The van der Waals surface area contributed by atoms with Crippen LogP contribution >= 0.6 is 28.3 Å². The number of nitrogens with one attached hydrogen (secondary N) is 1. The van der Waals surface area contributed by atoms with E-state index in [9.17, 15) is 4.79 Å². The first-order valence-corrected chi connectivity index (χ1v) is 5.12. The molecule has 0 aliphatic rings. The number of benzene rings is 1. The van der Waals surface area contributed by atoms with Gasteiger partial charge in [-0.1, -0.05) is 22.0 Å². The number of carbonyl (C=O) groups is 1. The average molecular weight is 294 g/mol. The molecule has 0 heterocycles. The Morgan fingerprint density at radius 1 is 1.53 bits per heavy atom. The van der Waals surface area contributed by atoms with Gasteiger partial charge in [0, 0.05) is 10.2 Å². The Morgan fingerprint density at radius 3 is 2.67 bits per heavy atom. The van der Waals surface area contributed by atoms with Crippen LogP contribution in [0.15, 0.2) is 22.7 Å². The van der Waals surface area contributed by atoms with Crippen LogP contribution in [-0.2, 0) is 4.79 Å². The van der Waals surface area contributed by atoms with Crippen LogP contribution in [-0.4, -0.2) is 11.9 Å². The summed E-state index contributed by atoms with van der Waals surface area (Å²) in [6.45, 7) is 3.59. The summed E-state index contributed by atoms with van der Waals surface area (Å²) in [6.07, 6.45) is 0. The van der Waals surface area contributed by atoms with E-state index in [0.29, 0.717) is 0 Å². The zero-order valence-corrected chi connectivity index (χ0v) is 11.0. The van der Waals surface area contributed by atoms with Crippen LogP contribution in [0.2, 0.25) is 0 Å². The minimum absolute atomic E-state index is 0. The number of carbonyl (C=O) groups excluding carboxylic acids is 1. The van der Waals surface area contributed by atoms with Gasteiger partial charge in [-0.25, -0.2) is 0 Å². The van der Waals surface area contributed by atoms with Crippen molar-refractivity contribution < 1.29 is 4.79 Å². The third-order valence-electron chi connectivity index (χ3n) is 1.87. The maximum absolute atomic E-state index is 11.3. The van der Waals surface area contributed by atoms with Crippen molar-refractivity contribution >= 4 is 39.9 Å². The maximum Gasteiger partial charge on any atom is 0.241 e.